The molecule has 2 aliphatic rings. The molecule has 0 bridgehead atoms. The lowest BCUT2D eigenvalue weighted by Gasteiger charge is -2.29. The molecule has 0 saturated heterocycles. The van der Waals surface area contributed by atoms with Crippen LogP contribution in [0.1, 0.15) is 49.9 Å². The normalized spacial score (nSPS) is 14.6. The van der Waals surface area contributed by atoms with Crippen LogP contribution in [0.2, 0.25) is 0 Å². The molecule has 2 nitrogen and oxygen atoms in total. The van der Waals surface area contributed by atoms with E-state index in [0.29, 0.717) is 0 Å². The summed E-state index contributed by atoms with van der Waals surface area (Å²) in [4.78, 5) is 2.46. The highest BCUT2D eigenvalue weighted by atomic mass is 16.3. The van der Waals surface area contributed by atoms with Gasteiger partial charge in [-0.15, -0.1) is 0 Å². The van der Waals surface area contributed by atoms with E-state index in [1.54, 1.807) is 0 Å². The van der Waals surface area contributed by atoms with Crippen LogP contribution in [0, 0.1) is 0 Å². The number of anilines is 3. The minimum Gasteiger partial charge on any atom is -0.456 e. The van der Waals surface area contributed by atoms with Crippen LogP contribution in [-0.2, 0) is 10.8 Å². The molecule has 54 heavy (non-hydrogen) atoms. The maximum atomic E-state index is 6.70. The Morgan fingerprint density at radius 2 is 0.870 bits per heavy atom. The van der Waals surface area contributed by atoms with Gasteiger partial charge in [-0.1, -0.05) is 143 Å². The Bertz CT molecular complexity index is 2890. The minimum atomic E-state index is -0.116. The molecule has 11 rings (SSSR count). The third kappa shape index (κ3) is 4.28. The average molecular weight is 694 g/mol. The van der Waals surface area contributed by atoms with Crippen molar-refractivity contribution in [2.45, 2.75) is 38.5 Å². The molecule has 1 heterocycles. The Morgan fingerprint density at radius 3 is 1.50 bits per heavy atom. The fraction of sp³-hybridized carbons (Fsp3) is 0.115. The molecule has 0 unspecified atom stereocenters. The molecule has 1 aromatic heterocycles. The zero-order chi connectivity index (χ0) is 36.3. The lowest BCUT2D eigenvalue weighted by molar-refractivity contribution is 0.660. The molecule has 0 N–H and O–H groups in total. The van der Waals surface area contributed by atoms with E-state index in [9.17, 15) is 0 Å². The van der Waals surface area contributed by atoms with Crippen molar-refractivity contribution in [1.29, 1.82) is 0 Å². The highest BCUT2D eigenvalue weighted by Gasteiger charge is 2.37. The third-order valence-electron chi connectivity index (χ3n) is 12.5. The lowest BCUT2D eigenvalue weighted by Crippen LogP contribution is -2.18. The number of furan rings is 1. The van der Waals surface area contributed by atoms with Crippen molar-refractivity contribution >= 4 is 49.8 Å². The van der Waals surface area contributed by atoms with Gasteiger partial charge in [-0.25, -0.2) is 0 Å². The van der Waals surface area contributed by atoms with Gasteiger partial charge in [0.15, 0.2) is 0 Å². The van der Waals surface area contributed by atoms with Crippen LogP contribution >= 0.6 is 0 Å². The monoisotopic (exact) mass is 693 g/mol. The maximum absolute atomic E-state index is 6.70. The van der Waals surface area contributed by atoms with E-state index in [2.05, 4.69) is 196 Å². The lowest BCUT2D eigenvalue weighted by atomic mass is 9.82. The van der Waals surface area contributed by atoms with E-state index < -0.39 is 0 Å². The average Bonchev–Trinajstić information content (AvgIpc) is 3.77. The summed E-state index contributed by atoms with van der Waals surface area (Å²) in [5.74, 6) is 0. The van der Waals surface area contributed by atoms with Gasteiger partial charge in [0.1, 0.15) is 11.2 Å². The van der Waals surface area contributed by atoms with Crippen molar-refractivity contribution in [3.8, 4) is 33.4 Å². The van der Waals surface area contributed by atoms with Crippen LogP contribution in [-0.4, -0.2) is 0 Å². The fourth-order valence-corrected chi connectivity index (χ4v) is 9.73. The van der Waals surface area contributed by atoms with Crippen LogP contribution < -0.4 is 4.90 Å². The van der Waals surface area contributed by atoms with Crippen molar-refractivity contribution in [3.05, 3.63) is 186 Å². The molecule has 0 amide bonds. The van der Waals surface area contributed by atoms with Gasteiger partial charge in [0, 0.05) is 38.7 Å². The SMILES string of the molecule is CC1(C)c2ccccc2-c2ccc(N(c3ccc4c(c3)C(C)(C)c3ccccc3-4)c3ccc4oc5cc(-c6ccccc6)c6ccccc6c5c4c3)cc21. The van der Waals surface area contributed by atoms with Crippen LogP contribution in [0.5, 0.6) is 0 Å². The molecular formula is C52H39NO. The van der Waals surface area contributed by atoms with Gasteiger partial charge in [-0.2, -0.15) is 0 Å². The predicted octanol–water partition coefficient (Wildman–Crippen LogP) is 14.5. The van der Waals surface area contributed by atoms with Crippen LogP contribution in [0.15, 0.2) is 168 Å². The summed E-state index contributed by atoms with van der Waals surface area (Å²) in [6.07, 6.45) is 0. The first-order valence-electron chi connectivity index (χ1n) is 19.0. The molecule has 0 fully saturated rings. The minimum absolute atomic E-state index is 0.116. The molecule has 9 aromatic rings. The Labute approximate surface area is 315 Å². The van der Waals surface area contributed by atoms with E-state index in [1.807, 2.05) is 0 Å². The molecule has 0 saturated carbocycles. The molecule has 8 aromatic carbocycles. The fourth-order valence-electron chi connectivity index (χ4n) is 9.73. The summed E-state index contributed by atoms with van der Waals surface area (Å²) >= 11 is 0. The van der Waals surface area contributed by atoms with Gasteiger partial charge in [0.25, 0.3) is 0 Å². The van der Waals surface area contributed by atoms with Crippen LogP contribution in [0.3, 0.4) is 0 Å². The second-order valence-corrected chi connectivity index (χ2v) is 16.1. The highest BCUT2D eigenvalue weighted by molar-refractivity contribution is 6.22. The van der Waals surface area contributed by atoms with Crippen LogP contribution in [0.4, 0.5) is 17.1 Å². The topological polar surface area (TPSA) is 16.4 Å². The first-order chi connectivity index (χ1) is 26.3. The summed E-state index contributed by atoms with van der Waals surface area (Å²) in [6.45, 7) is 9.44. The van der Waals surface area contributed by atoms with Gasteiger partial charge < -0.3 is 9.32 Å². The van der Waals surface area contributed by atoms with E-state index in [0.717, 1.165) is 39.0 Å². The molecule has 0 spiro atoms. The number of hydrogen-bond donors (Lipinski definition) is 0. The predicted molar refractivity (Wildman–Crippen MR) is 226 cm³/mol. The summed E-state index contributed by atoms with van der Waals surface area (Å²) in [6, 6.07) is 60.3. The Kier molecular flexibility index (Phi) is 6.39. The van der Waals surface area contributed by atoms with Gasteiger partial charge in [0.05, 0.1) is 0 Å². The zero-order valence-electron chi connectivity index (χ0n) is 30.9. The third-order valence-corrected chi connectivity index (χ3v) is 12.5. The van der Waals surface area contributed by atoms with E-state index in [-0.39, 0.29) is 10.8 Å². The van der Waals surface area contributed by atoms with Crippen LogP contribution in [0.25, 0.3) is 66.1 Å². The van der Waals surface area contributed by atoms with Crippen molar-refractivity contribution < 1.29 is 4.42 Å². The van der Waals surface area contributed by atoms with Gasteiger partial charge in [0.2, 0.25) is 0 Å². The second-order valence-electron chi connectivity index (χ2n) is 16.1. The molecule has 258 valence electrons. The number of fused-ring (bicyclic) bond motifs is 11. The van der Waals surface area contributed by atoms with E-state index in [4.69, 9.17) is 4.42 Å². The van der Waals surface area contributed by atoms with Crippen molar-refractivity contribution in [2.75, 3.05) is 4.90 Å². The number of rotatable bonds is 4. The molecule has 2 heteroatoms. The quantitative estimate of drug-likeness (QED) is 0.182. The molecule has 0 atom stereocenters. The maximum Gasteiger partial charge on any atom is 0.136 e. The standard InChI is InChI=1S/C52H39NO/c1-51(2)44-20-12-10-17-37(44)39-25-22-34(29-46(39)51)53(35-23-26-40-38-18-11-13-21-45(38)52(3,4)47(40)30-35)33-24-27-48-43(28-33)50-41-19-9-8-16-36(41)42(31-49(50)54-48)32-14-6-5-7-15-32/h5-31H,1-4H3. The first-order valence-corrected chi connectivity index (χ1v) is 19.0. The van der Waals surface area contributed by atoms with Crippen molar-refractivity contribution in [1.82, 2.24) is 0 Å². The van der Waals surface area contributed by atoms with E-state index in [1.165, 1.54) is 66.4 Å². The van der Waals surface area contributed by atoms with Gasteiger partial charge in [-0.3, -0.25) is 0 Å². The molecule has 0 radical (unpaired) electrons. The van der Waals surface area contributed by atoms with Gasteiger partial charge in [-0.05, 0) is 115 Å². The smallest absolute Gasteiger partial charge is 0.136 e. The number of hydrogen-bond acceptors (Lipinski definition) is 2. The van der Waals surface area contributed by atoms with Crippen molar-refractivity contribution in [3.63, 3.8) is 0 Å². The number of benzene rings is 8. The Hall–Kier alpha value is -6.38. The second kappa shape index (κ2) is 11.1. The summed E-state index contributed by atoms with van der Waals surface area (Å²) in [7, 11) is 0. The summed E-state index contributed by atoms with van der Waals surface area (Å²) < 4.78 is 6.70. The number of nitrogens with zero attached hydrogens (tertiary/aromatic N) is 1. The molecule has 2 aliphatic carbocycles. The largest absolute Gasteiger partial charge is 0.456 e. The molecule has 0 aliphatic heterocycles. The molecular weight excluding hydrogens is 655 g/mol. The summed E-state index contributed by atoms with van der Waals surface area (Å²) in [5.41, 5.74) is 18.1. The summed E-state index contributed by atoms with van der Waals surface area (Å²) in [5, 5.41) is 4.69. The Balaban J connectivity index is 1.15. The van der Waals surface area contributed by atoms with Gasteiger partial charge >= 0.3 is 0 Å². The van der Waals surface area contributed by atoms with Crippen molar-refractivity contribution in [2.24, 2.45) is 0 Å². The zero-order valence-corrected chi connectivity index (χ0v) is 30.9. The Morgan fingerprint density at radius 1 is 0.370 bits per heavy atom. The first kappa shape index (κ1) is 31.2. The highest BCUT2D eigenvalue weighted by Crippen LogP contribution is 2.53. The van der Waals surface area contributed by atoms with E-state index >= 15 is 0 Å².